The number of nitrogens with two attached hydrogens (primary N) is 1. The molecule has 0 atom stereocenters. The molecule has 2 heterocycles. The second-order valence-electron chi connectivity index (χ2n) is 3.12. The van der Waals surface area contributed by atoms with Crippen molar-refractivity contribution < 1.29 is 4.74 Å². The van der Waals surface area contributed by atoms with Crippen molar-refractivity contribution >= 4 is 21.9 Å². The summed E-state index contributed by atoms with van der Waals surface area (Å²) in [6.45, 7) is 1.91. The highest BCUT2D eigenvalue weighted by atomic mass is 79.9. The minimum absolute atomic E-state index is 0.165. The number of ether oxygens (including phenoxy) is 1. The van der Waals surface area contributed by atoms with Crippen LogP contribution in [0.5, 0.6) is 11.6 Å². The highest BCUT2D eigenvalue weighted by Gasteiger charge is 2.06. The van der Waals surface area contributed by atoms with Crippen LogP contribution in [0.1, 0.15) is 5.69 Å². The Hall–Kier alpha value is -1.69. The van der Waals surface area contributed by atoms with E-state index in [1.54, 1.807) is 12.4 Å². The Kier molecular flexibility index (Phi) is 3.00. The molecule has 0 aliphatic carbocycles. The molecule has 16 heavy (non-hydrogen) atoms. The molecule has 2 aromatic rings. The number of hydrogen-bond donors (Lipinski definition) is 1. The van der Waals surface area contributed by atoms with Crippen LogP contribution in [0.2, 0.25) is 0 Å². The van der Waals surface area contributed by atoms with Gasteiger partial charge in [-0.2, -0.15) is 4.98 Å². The highest BCUT2D eigenvalue weighted by molar-refractivity contribution is 9.10. The van der Waals surface area contributed by atoms with Gasteiger partial charge in [-0.1, -0.05) is 0 Å². The smallest absolute Gasteiger partial charge is 0.238 e. The van der Waals surface area contributed by atoms with E-state index < -0.39 is 0 Å². The Balaban J connectivity index is 2.26. The molecule has 0 amide bonds. The number of halogens is 1. The van der Waals surface area contributed by atoms with E-state index in [1.165, 1.54) is 0 Å². The van der Waals surface area contributed by atoms with Crippen LogP contribution in [0.15, 0.2) is 29.0 Å². The summed E-state index contributed by atoms with van der Waals surface area (Å²) in [4.78, 5) is 11.9. The molecule has 0 saturated carbocycles. The van der Waals surface area contributed by atoms with Crippen LogP contribution in [0.4, 0.5) is 5.95 Å². The minimum Gasteiger partial charge on any atom is -0.436 e. The molecule has 0 radical (unpaired) electrons. The predicted molar refractivity (Wildman–Crippen MR) is 63.2 cm³/mol. The van der Waals surface area contributed by atoms with E-state index in [-0.39, 0.29) is 5.95 Å². The third-order valence-corrected chi connectivity index (χ3v) is 2.37. The number of pyridine rings is 1. The first-order valence-electron chi connectivity index (χ1n) is 4.53. The Morgan fingerprint density at radius 1 is 1.25 bits per heavy atom. The first kappa shape index (κ1) is 10.8. The van der Waals surface area contributed by atoms with Gasteiger partial charge >= 0.3 is 0 Å². The van der Waals surface area contributed by atoms with Crippen LogP contribution in [0, 0.1) is 6.92 Å². The largest absolute Gasteiger partial charge is 0.436 e. The number of nitrogen functional groups attached to an aromatic ring is 1. The quantitative estimate of drug-likeness (QED) is 0.914. The fourth-order valence-electron chi connectivity index (χ4n) is 1.06. The minimum atomic E-state index is 0.165. The van der Waals surface area contributed by atoms with E-state index in [9.17, 15) is 0 Å². The normalized spacial score (nSPS) is 10.1. The van der Waals surface area contributed by atoms with Gasteiger partial charge in [-0.15, -0.1) is 0 Å². The van der Waals surface area contributed by atoms with Gasteiger partial charge < -0.3 is 10.5 Å². The fourth-order valence-corrected chi connectivity index (χ4v) is 1.33. The number of anilines is 1. The lowest BCUT2D eigenvalue weighted by molar-refractivity contribution is 0.457. The van der Waals surface area contributed by atoms with Gasteiger partial charge in [-0.3, -0.25) is 4.98 Å². The summed E-state index contributed by atoms with van der Waals surface area (Å²) in [5.74, 6) is 1.14. The van der Waals surface area contributed by atoms with Gasteiger partial charge in [-0.05, 0) is 35.0 Å². The first-order chi connectivity index (χ1) is 7.65. The van der Waals surface area contributed by atoms with Crippen molar-refractivity contribution in [2.45, 2.75) is 6.92 Å². The van der Waals surface area contributed by atoms with Crippen LogP contribution in [0.25, 0.3) is 0 Å². The van der Waals surface area contributed by atoms with Gasteiger partial charge in [0.2, 0.25) is 11.8 Å². The van der Waals surface area contributed by atoms with E-state index in [1.807, 2.05) is 19.1 Å². The topological polar surface area (TPSA) is 73.9 Å². The third kappa shape index (κ3) is 2.46. The molecule has 82 valence electrons. The lowest BCUT2D eigenvalue weighted by atomic mass is 10.4. The predicted octanol–water partition coefficient (Wildman–Crippen LogP) is 2.32. The molecule has 6 heteroatoms. The number of rotatable bonds is 2. The summed E-state index contributed by atoms with van der Waals surface area (Å²) in [6, 6.07) is 3.67. The zero-order valence-electron chi connectivity index (χ0n) is 8.51. The molecule has 0 saturated heterocycles. The number of aromatic nitrogens is 3. The maximum Gasteiger partial charge on any atom is 0.238 e. The molecule has 0 unspecified atom stereocenters. The summed E-state index contributed by atoms with van der Waals surface area (Å²) in [6.07, 6.45) is 3.17. The molecule has 0 spiro atoms. The van der Waals surface area contributed by atoms with Crippen molar-refractivity contribution in [1.82, 2.24) is 15.0 Å². The van der Waals surface area contributed by atoms with E-state index in [4.69, 9.17) is 10.5 Å². The van der Waals surface area contributed by atoms with E-state index in [0.717, 1.165) is 5.69 Å². The SMILES string of the molecule is Cc1ccc(Oc2nc(N)ncc2Br)cn1. The molecular weight excluding hydrogens is 272 g/mol. The highest BCUT2D eigenvalue weighted by Crippen LogP contribution is 2.26. The second-order valence-corrected chi connectivity index (χ2v) is 3.97. The van der Waals surface area contributed by atoms with Crippen molar-refractivity contribution in [2.75, 3.05) is 5.73 Å². The van der Waals surface area contributed by atoms with Crippen molar-refractivity contribution in [3.8, 4) is 11.6 Å². The summed E-state index contributed by atoms with van der Waals surface area (Å²) >= 11 is 3.28. The third-order valence-electron chi connectivity index (χ3n) is 1.83. The van der Waals surface area contributed by atoms with Crippen LogP contribution in [-0.4, -0.2) is 15.0 Å². The van der Waals surface area contributed by atoms with Crippen LogP contribution in [-0.2, 0) is 0 Å². The molecule has 0 fully saturated rings. The maximum atomic E-state index is 5.50. The van der Waals surface area contributed by atoms with Crippen molar-refractivity contribution in [3.05, 3.63) is 34.7 Å². The molecule has 2 N–H and O–H groups in total. The molecule has 0 aliphatic heterocycles. The molecule has 0 aromatic carbocycles. The Labute approximate surface area is 101 Å². The van der Waals surface area contributed by atoms with Gasteiger partial charge in [0.25, 0.3) is 0 Å². The van der Waals surface area contributed by atoms with Crippen molar-refractivity contribution in [2.24, 2.45) is 0 Å². The monoisotopic (exact) mass is 280 g/mol. The lowest BCUT2D eigenvalue weighted by Gasteiger charge is -2.06. The molecule has 2 aromatic heterocycles. The number of nitrogens with zero attached hydrogens (tertiary/aromatic N) is 3. The number of aryl methyl sites for hydroxylation is 1. The van der Waals surface area contributed by atoms with Gasteiger partial charge in [0.05, 0.1) is 16.9 Å². The molecule has 0 aliphatic rings. The number of hydrogen-bond acceptors (Lipinski definition) is 5. The van der Waals surface area contributed by atoms with E-state index >= 15 is 0 Å². The Bertz CT molecular complexity index is 501. The molecular formula is C10H9BrN4O. The van der Waals surface area contributed by atoms with Gasteiger partial charge in [0.1, 0.15) is 5.75 Å². The van der Waals surface area contributed by atoms with Crippen LogP contribution < -0.4 is 10.5 Å². The average Bonchev–Trinajstić information content (AvgIpc) is 2.27. The van der Waals surface area contributed by atoms with Crippen LogP contribution >= 0.6 is 15.9 Å². The zero-order chi connectivity index (χ0) is 11.5. The lowest BCUT2D eigenvalue weighted by Crippen LogP contribution is -1.97. The van der Waals surface area contributed by atoms with Crippen molar-refractivity contribution in [1.29, 1.82) is 0 Å². The van der Waals surface area contributed by atoms with Crippen molar-refractivity contribution in [3.63, 3.8) is 0 Å². The average molecular weight is 281 g/mol. The Morgan fingerprint density at radius 2 is 2.06 bits per heavy atom. The maximum absolute atomic E-state index is 5.50. The Morgan fingerprint density at radius 3 is 2.75 bits per heavy atom. The molecule has 0 bridgehead atoms. The second kappa shape index (κ2) is 4.44. The first-order valence-corrected chi connectivity index (χ1v) is 5.33. The van der Waals surface area contributed by atoms with Crippen LogP contribution in [0.3, 0.4) is 0 Å². The molecule has 5 nitrogen and oxygen atoms in total. The summed E-state index contributed by atoms with van der Waals surface area (Å²) in [5, 5.41) is 0. The summed E-state index contributed by atoms with van der Waals surface area (Å²) in [7, 11) is 0. The standard InChI is InChI=1S/C10H9BrN4O/c1-6-2-3-7(4-13-6)16-9-8(11)5-14-10(12)15-9/h2-5H,1H3,(H2,12,14,15). The van der Waals surface area contributed by atoms with Gasteiger partial charge in [0.15, 0.2) is 0 Å². The van der Waals surface area contributed by atoms with E-state index in [0.29, 0.717) is 16.1 Å². The summed E-state index contributed by atoms with van der Waals surface area (Å²) < 4.78 is 6.15. The van der Waals surface area contributed by atoms with E-state index in [2.05, 4.69) is 30.9 Å². The fraction of sp³-hybridized carbons (Fsp3) is 0.100. The van der Waals surface area contributed by atoms with Gasteiger partial charge in [0, 0.05) is 5.69 Å². The van der Waals surface area contributed by atoms with Gasteiger partial charge in [-0.25, -0.2) is 4.98 Å². The summed E-state index contributed by atoms with van der Waals surface area (Å²) in [5.41, 5.74) is 6.39. The molecule has 2 rings (SSSR count). The zero-order valence-corrected chi connectivity index (χ0v) is 10.1.